The van der Waals surface area contributed by atoms with E-state index in [4.69, 9.17) is 8.42 Å². The first kappa shape index (κ1) is 20.0. The number of carbonyl (C=O) groups is 1. The molecule has 0 spiro atoms. The number of alkyl halides is 5. The number of carbonyl (C=O) groups excluding carboxylic acids is 1. The maximum atomic E-state index is 11.9. The second-order valence-electron chi connectivity index (χ2n) is 2.35. The van der Waals surface area contributed by atoms with E-state index < -0.39 is 40.4 Å². The minimum Gasteiger partial charge on any atom is -0.284 e. The predicted molar refractivity (Wildman–Crippen MR) is 37.5 cm³/mol. The Morgan fingerprint density at radius 2 is 1.11 bits per heavy atom. The van der Waals surface area contributed by atoms with Crippen molar-refractivity contribution >= 4 is 16.4 Å². The molecule has 0 atom stereocenters. The van der Waals surface area contributed by atoms with Crippen molar-refractivity contribution in [2.75, 3.05) is 0 Å². The number of allylic oxidation sites excluding steroid dienone is 1. The Kier molecular flexibility index (Phi) is 6.53. The van der Waals surface area contributed by atoms with Crippen LogP contribution in [-0.4, -0.2) is 26.3 Å². The van der Waals surface area contributed by atoms with E-state index in [1.165, 1.54) is 0 Å². The molecule has 0 aliphatic rings. The summed E-state index contributed by atoms with van der Waals surface area (Å²) >= 11 is 0. The Morgan fingerprint density at radius 3 is 1.26 bits per heavy atom. The first-order valence-electron chi connectivity index (χ1n) is 3.36. The lowest BCUT2D eigenvalue weighted by Crippen LogP contribution is -2.44. The highest BCUT2D eigenvalue weighted by atomic mass is 32.3. The van der Waals surface area contributed by atoms with Crippen molar-refractivity contribution in [3.05, 3.63) is 11.9 Å². The quantitative estimate of drug-likeness (QED) is 0.444. The van der Waals surface area contributed by atoms with Gasteiger partial charge in [-0.25, -0.2) is 0 Å². The van der Waals surface area contributed by atoms with Crippen LogP contribution < -0.4 is 0 Å². The van der Waals surface area contributed by atoms with Gasteiger partial charge in [-0.15, -0.1) is 0 Å². The van der Waals surface area contributed by atoms with E-state index in [9.17, 15) is 47.7 Å². The molecular weight excluding hydrogens is 330 g/mol. The van der Waals surface area contributed by atoms with Crippen LogP contribution in [0.4, 0.5) is 42.9 Å². The van der Waals surface area contributed by atoms with Crippen LogP contribution in [0.1, 0.15) is 0 Å². The van der Waals surface area contributed by atoms with Crippen LogP contribution in [0.2, 0.25) is 0 Å². The van der Waals surface area contributed by atoms with Crippen molar-refractivity contribution in [3.63, 3.8) is 0 Å². The van der Waals surface area contributed by atoms with Crippen molar-refractivity contribution in [2.24, 2.45) is 0 Å². The van der Waals surface area contributed by atoms with Crippen molar-refractivity contribution in [1.82, 2.24) is 0 Å². The summed E-state index contributed by atoms with van der Waals surface area (Å²) in [6.07, 6.45) is -9.93. The van der Waals surface area contributed by atoms with Gasteiger partial charge in [-0.2, -0.15) is 43.5 Å². The van der Waals surface area contributed by atoms with Gasteiger partial charge in [0.2, 0.25) is 5.83 Å². The Labute approximate surface area is 97.5 Å². The van der Waals surface area contributed by atoms with Crippen LogP contribution in [0.3, 0.4) is 0 Å². The second-order valence-corrected chi connectivity index (χ2v) is 3.11. The molecule has 0 fully saturated rings. The van der Waals surface area contributed by atoms with Crippen LogP contribution in [0.15, 0.2) is 11.9 Å². The first-order chi connectivity index (χ1) is 8.01. The van der Waals surface area contributed by atoms with Gasteiger partial charge in [-0.1, -0.05) is 7.77 Å². The zero-order valence-corrected chi connectivity index (χ0v) is 8.73. The van der Waals surface area contributed by atoms with Gasteiger partial charge in [0.25, 0.3) is 5.78 Å². The molecule has 0 saturated carbocycles. The molecule has 0 N–H and O–H groups in total. The molecule has 0 aromatic carbocycles. The summed E-state index contributed by atoms with van der Waals surface area (Å²) in [5, 5.41) is 0. The van der Waals surface area contributed by atoms with Gasteiger partial charge in [-0.05, 0) is 0 Å². The predicted octanol–water partition coefficient (Wildman–Crippen LogP) is 3.00. The highest BCUT2D eigenvalue weighted by molar-refractivity contribution is 7.81. The van der Waals surface area contributed by atoms with E-state index in [-0.39, 0.29) is 0 Å². The van der Waals surface area contributed by atoms with Crippen molar-refractivity contribution in [2.45, 2.75) is 12.1 Å². The molecule has 14 heteroatoms. The first-order valence-corrected chi connectivity index (χ1v) is 4.64. The molecule has 0 radical (unpaired) electrons. The lowest BCUT2D eigenvalue weighted by molar-refractivity contribution is -0.267. The van der Waals surface area contributed by atoms with Crippen molar-refractivity contribution in [1.29, 1.82) is 0 Å². The third kappa shape index (κ3) is 7.63. The van der Waals surface area contributed by atoms with E-state index >= 15 is 0 Å². The Hall–Kier alpha value is -1.34. The summed E-state index contributed by atoms with van der Waals surface area (Å²) in [5.41, 5.74) is 0. The van der Waals surface area contributed by atoms with Gasteiger partial charge < -0.3 is 0 Å². The smallest absolute Gasteiger partial charge is 0.284 e. The highest BCUT2D eigenvalue weighted by Gasteiger charge is 2.64. The number of rotatable bonds is 2. The molecule has 19 heavy (non-hydrogen) atoms. The zero-order chi connectivity index (χ0) is 16.2. The fourth-order valence-corrected chi connectivity index (χ4v) is 0.352. The molecule has 0 heterocycles. The van der Waals surface area contributed by atoms with Crippen LogP contribution in [0.5, 0.6) is 0 Å². The molecule has 0 aliphatic heterocycles. The molecule has 0 amide bonds. The largest absolute Gasteiger partial charge is 0.476 e. The van der Waals surface area contributed by atoms with Crippen molar-refractivity contribution < 1.29 is 56.1 Å². The summed E-state index contributed by atoms with van der Waals surface area (Å²) in [7, 11) is -5.67. The van der Waals surface area contributed by atoms with Crippen molar-refractivity contribution in [3.8, 4) is 0 Å². The molecule has 0 unspecified atom stereocenters. The van der Waals surface area contributed by atoms with Gasteiger partial charge >= 0.3 is 28.8 Å². The van der Waals surface area contributed by atoms with E-state index in [1.54, 1.807) is 0 Å². The molecule has 114 valence electrons. The summed E-state index contributed by atoms with van der Waals surface area (Å²) < 4.78 is 128. The third-order valence-corrected chi connectivity index (χ3v) is 1.01. The van der Waals surface area contributed by atoms with E-state index in [1.807, 2.05) is 0 Å². The SMILES string of the molecule is O=C(C(F)=C(F)F)C(F)(F)C(F)(F)F.O=S(=O)(F)F. The monoisotopic (exact) mass is 330 g/mol. The highest BCUT2D eigenvalue weighted by Crippen LogP contribution is 2.38. The number of hydrogen-bond acceptors (Lipinski definition) is 3. The molecule has 0 aliphatic carbocycles. The summed E-state index contributed by atoms with van der Waals surface area (Å²) in [4.78, 5) is 9.87. The van der Waals surface area contributed by atoms with Crippen LogP contribution in [-0.2, 0) is 15.4 Å². The van der Waals surface area contributed by atoms with Gasteiger partial charge in [0, 0.05) is 0 Å². The Bertz CT molecular complexity index is 448. The average Bonchev–Trinajstić information content (AvgIpc) is 2.10. The zero-order valence-electron chi connectivity index (χ0n) is 7.91. The number of ketones is 1. The topological polar surface area (TPSA) is 51.2 Å². The average molecular weight is 330 g/mol. The summed E-state index contributed by atoms with van der Waals surface area (Å²) in [6, 6.07) is 0. The van der Waals surface area contributed by atoms with Crippen LogP contribution in [0.25, 0.3) is 0 Å². The van der Waals surface area contributed by atoms with Gasteiger partial charge in [0.15, 0.2) is 0 Å². The van der Waals surface area contributed by atoms with E-state index in [0.29, 0.717) is 0 Å². The fraction of sp³-hybridized carbons (Fsp3) is 0.400. The minimum absolute atomic E-state index is 3.40. The normalized spacial score (nSPS) is 12.3. The van der Waals surface area contributed by atoms with E-state index in [2.05, 4.69) is 0 Å². The standard InChI is InChI=1S/C5F8O.F2O2S/c6-1(3(7)8)2(14)4(9,10)5(11,12)13;1-5(2,3)4. The minimum atomic E-state index is -6.41. The fourth-order valence-electron chi connectivity index (χ4n) is 0.352. The van der Waals surface area contributed by atoms with Gasteiger partial charge in [-0.3, -0.25) is 4.79 Å². The van der Waals surface area contributed by atoms with Crippen LogP contribution >= 0.6 is 0 Å². The molecule has 0 rings (SSSR count). The van der Waals surface area contributed by atoms with Gasteiger partial charge in [0.05, 0.1) is 0 Å². The summed E-state index contributed by atoms with van der Waals surface area (Å²) in [6.45, 7) is 0. The lowest BCUT2D eigenvalue weighted by Gasteiger charge is -2.16. The second kappa shape index (κ2) is 6.21. The molecule has 3 nitrogen and oxygen atoms in total. The maximum absolute atomic E-state index is 11.9. The Balaban J connectivity index is 0. The molecule has 0 saturated heterocycles. The summed E-state index contributed by atoms with van der Waals surface area (Å²) in [5.74, 6) is -13.2. The molecule has 0 aromatic rings. The molecule has 0 bridgehead atoms. The number of Topliss-reactive ketones (excluding diaryl/α,β-unsaturated/α-hetero) is 1. The maximum Gasteiger partial charge on any atom is 0.476 e. The Morgan fingerprint density at radius 1 is 0.842 bits per heavy atom. The van der Waals surface area contributed by atoms with Crippen LogP contribution in [0, 0.1) is 0 Å². The van der Waals surface area contributed by atoms with Gasteiger partial charge in [0.1, 0.15) is 0 Å². The third-order valence-electron chi connectivity index (χ3n) is 1.01. The number of hydrogen-bond donors (Lipinski definition) is 0. The lowest BCUT2D eigenvalue weighted by atomic mass is 10.2. The van der Waals surface area contributed by atoms with E-state index in [0.717, 1.165) is 0 Å². The number of halogens is 10. The molecule has 0 aromatic heterocycles. The molecular formula is C5F10O3S.